The minimum Gasteiger partial charge on any atom is -0.481 e. The first kappa shape index (κ1) is 33.0. The molecule has 0 heterocycles. The summed E-state index contributed by atoms with van der Waals surface area (Å²) >= 11 is 0. The fourth-order valence-electron chi connectivity index (χ4n) is 9.27. The van der Waals surface area contributed by atoms with Crippen LogP contribution in [0.5, 0.6) is 0 Å². The van der Waals surface area contributed by atoms with E-state index in [4.69, 9.17) is 4.74 Å². The van der Waals surface area contributed by atoms with Gasteiger partial charge in [0.1, 0.15) is 5.60 Å². The summed E-state index contributed by atoms with van der Waals surface area (Å²) in [5, 5.41) is 35.3. The highest BCUT2D eigenvalue weighted by Gasteiger charge is 2.68. The Morgan fingerprint density at radius 2 is 1.78 bits per heavy atom. The molecule has 8 atom stereocenters. The van der Waals surface area contributed by atoms with Crippen molar-refractivity contribution in [1.82, 2.24) is 5.32 Å². The Kier molecular flexibility index (Phi) is 9.38. The second kappa shape index (κ2) is 12.8. The Morgan fingerprint density at radius 1 is 1.04 bits per heavy atom. The van der Waals surface area contributed by atoms with Crippen LogP contribution in [0.3, 0.4) is 0 Å². The number of carbonyl (C=O) groups excluding carboxylic acids is 4. The van der Waals surface area contributed by atoms with E-state index in [1.165, 1.54) is 0 Å². The highest BCUT2D eigenvalue weighted by atomic mass is 16.5. The van der Waals surface area contributed by atoms with Gasteiger partial charge in [0.2, 0.25) is 11.7 Å². The van der Waals surface area contributed by atoms with E-state index in [0.717, 1.165) is 24.0 Å². The summed E-state index contributed by atoms with van der Waals surface area (Å²) in [6.07, 6.45) is 4.23. The molecular weight excluding hydrogens is 578 g/mol. The van der Waals surface area contributed by atoms with E-state index in [1.54, 1.807) is 30.3 Å². The first-order valence-corrected chi connectivity index (χ1v) is 16.1. The summed E-state index contributed by atoms with van der Waals surface area (Å²) in [5.74, 6) is -2.99. The summed E-state index contributed by atoms with van der Waals surface area (Å²) in [4.78, 5) is 61.8. The Balaban J connectivity index is 1.14. The number of aliphatic carboxylic acids is 1. The number of carboxylic acid groups (broad SMARTS) is 1. The molecule has 8 unspecified atom stereocenters. The Hall–Kier alpha value is -3.37. The van der Waals surface area contributed by atoms with Crippen LogP contribution in [-0.2, 0) is 28.7 Å². The number of fused-ring (bicyclic) bond motifs is 5. The minimum absolute atomic E-state index is 0.0103. The molecule has 0 aliphatic heterocycles. The molecule has 4 aliphatic rings. The van der Waals surface area contributed by atoms with E-state index in [9.17, 15) is 39.3 Å². The highest BCUT2D eigenvalue weighted by Crippen LogP contribution is 2.67. The number of carbonyl (C=O) groups is 5. The lowest BCUT2D eigenvalue weighted by Crippen LogP contribution is -2.62. The summed E-state index contributed by atoms with van der Waals surface area (Å²) in [6, 6.07) is 9.00. The van der Waals surface area contributed by atoms with Crippen molar-refractivity contribution in [1.29, 1.82) is 0 Å². The first-order chi connectivity index (χ1) is 21.3. The van der Waals surface area contributed by atoms with Crippen LogP contribution in [0.4, 0.5) is 0 Å². The smallest absolute Gasteiger partial charge is 0.306 e. The van der Waals surface area contributed by atoms with Crippen LogP contribution in [0.25, 0.3) is 0 Å². The highest BCUT2D eigenvalue weighted by molar-refractivity contribution is 5.92. The molecule has 3 fully saturated rings. The number of allylic oxidation sites excluding steroid dienone is 1. The lowest BCUT2D eigenvalue weighted by Gasteiger charge is -2.60. The number of esters is 1. The van der Waals surface area contributed by atoms with Gasteiger partial charge in [-0.3, -0.25) is 24.0 Å². The zero-order valence-electron chi connectivity index (χ0n) is 26.1. The third-order valence-corrected chi connectivity index (χ3v) is 11.7. The fraction of sp³-hybridized carbons (Fsp3) is 0.629. The van der Waals surface area contributed by atoms with Crippen molar-refractivity contribution in [2.75, 3.05) is 13.2 Å². The molecule has 4 N–H and O–H groups in total. The van der Waals surface area contributed by atoms with Crippen molar-refractivity contribution >= 4 is 29.4 Å². The van der Waals surface area contributed by atoms with Gasteiger partial charge in [0.25, 0.3) is 0 Å². The molecule has 1 aromatic rings. The molecule has 0 bridgehead atoms. The number of amides is 1. The van der Waals surface area contributed by atoms with Gasteiger partial charge in [0, 0.05) is 30.7 Å². The number of ether oxygens (including phenoxy) is 1. The lowest BCUT2D eigenvalue weighted by atomic mass is 9.45. The summed E-state index contributed by atoms with van der Waals surface area (Å²) in [5.41, 5.74) is -1.02. The van der Waals surface area contributed by atoms with Crippen LogP contribution in [0.15, 0.2) is 42.0 Å². The quantitative estimate of drug-likeness (QED) is 0.270. The van der Waals surface area contributed by atoms with E-state index >= 15 is 0 Å². The van der Waals surface area contributed by atoms with Gasteiger partial charge < -0.3 is 25.4 Å². The van der Waals surface area contributed by atoms with E-state index in [1.807, 2.05) is 13.0 Å². The zero-order valence-corrected chi connectivity index (χ0v) is 26.1. The van der Waals surface area contributed by atoms with Crippen molar-refractivity contribution in [3.8, 4) is 0 Å². The number of hydrogen-bond acceptors (Lipinski definition) is 8. The molecule has 45 heavy (non-hydrogen) atoms. The summed E-state index contributed by atoms with van der Waals surface area (Å²) in [7, 11) is 0. The van der Waals surface area contributed by atoms with Gasteiger partial charge in [-0.1, -0.05) is 49.8 Å². The van der Waals surface area contributed by atoms with E-state index in [2.05, 4.69) is 12.2 Å². The lowest BCUT2D eigenvalue weighted by molar-refractivity contribution is -0.184. The predicted octanol–water partition coefficient (Wildman–Crippen LogP) is 3.49. The van der Waals surface area contributed by atoms with Gasteiger partial charge in [-0.25, -0.2) is 0 Å². The zero-order chi connectivity index (χ0) is 32.6. The maximum absolute atomic E-state index is 13.5. The van der Waals surface area contributed by atoms with Crippen molar-refractivity contribution in [3.05, 3.63) is 47.5 Å². The molecule has 4 aliphatic carbocycles. The molecule has 1 amide bonds. The van der Waals surface area contributed by atoms with Crippen molar-refractivity contribution < 1.29 is 44.0 Å². The third-order valence-electron chi connectivity index (χ3n) is 11.7. The number of hydrogen-bond donors (Lipinski definition) is 4. The number of ketones is 2. The number of Topliss-reactive ketones (excluding diaryl/α,β-unsaturated/α-hetero) is 1. The maximum atomic E-state index is 13.5. The van der Waals surface area contributed by atoms with Gasteiger partial charge >= 0.3 is 11.9 Å². The van der Waals surface area contributed by atoms with Gasteiger partial charge in [-0.05, 0) is 73.3 Å². The SMILES string of the molecule is CC12CCC(=O)C=C1CCC1C2C(O)CC2(C)C1CCC2(O)C(=O)COC(=O)CCC(=O)NCC(CC(=O)O)c1ccccc1. The molecule has 1 aromatic carbocycles. The molecular formula is C35H45NO9. The number of aliphatic hydroxyl groups is 2. The maximum Gasteiger partial charge on any atom is 0.306 e. The number of carboxylic acids is 1. The average molecular weight is 624 g/mol. The second-order valence-corrected chi connectivity index (χ2v) is 14.1. The number of aliphatic hydroxyl groups excluding tert-OH is 1. The Morgan fingerprint density at radius 3 is 2.49 bits per heavy atom. The van der Waals surface area contributed by atoms with Crippen LogP contribution in [0.1, 0.15) is 89.5 Å². The summed E-state index contributed by atoms with van der Waals surface area (Å²) < 4.78 is 5.23. The van der Waals surface area contributed by atoms with Gasteiger partial charge in [-0.15, -0.1) is 0 Å². The van der Waals surface area contributed by atoms with E-state index in [-0.39, 0.29) is 67.6 Å². The number of benzene rings is 1. The first-order valence-electron chi connectivity index (χ1n) is 16.1. The monoisotopic (exact) mass is 623 g/mol. The van der Waals surface area contributed by atoms with Crippen LogP contribution in [0.2, 0.25) is 0 Å². The predicted molar refractivity (Wildman–Crippen MR) is 163 cm³/mol. The van der Waals surface area contributed by atoms with Gasteiger partial charge in [-0.2, -0.15) is 0 Å². The van der Waals surface area contributed by atoms with Crippen LogP contribution in [0, 0.1) is 28.6 Å². The van der Waals surface area contributed by atoms with Crippen molar-refractivity contribution in [3.63, 3.8) is 0 Å². The topological polar surface area (TPSA) is 167 Å². The second-order valence-electron chi connectivity index (χ2n) is 14.1. The molecule has 244 valence electrons. The largest absolute Gasteiger partial charge is 0.481 e. The molecule has 5 rings (SSSR count). The van der Waals surface area contributed by atoms with Gasteiger partial charge in [0.05, 0.1) is 18.9 Å². The molecule has 10 nitrogen and oxygen atoms in total. The molecule has 0 aromatic heterocycles. The van der Waals surface area contributed by atoms with Crippen LogP contribution < -0.4 is 5.32 Å². The van der Waals surface area contributed by atoms with Crippen molar-refractivity contribution in [2.45, 2.75) is 95.7 Å². The minimum atomic E-state index is -1.75. The third kappa shape index (κ3) is 6.23. The van der Waals surface area contributed by atoms with Crippen LogP contribution in [-0.4, -0.2) is 69.6 Å². The molecule has 3 saturated carbocycles. The number of rotatable bonds is 11. The molecule has 0 spiro atoms. The van der Waals surface area contributed by atoms with Crippen LogP contribution >= 0.6 is 0 Å². The molecule has 0 radical (unpaired) electrons. The standard InChI is InChI=1S/C35H45NO9/c1-33-14-12-24(37)17-23(33)8-9-25-26-13-15-35(44,34(26,2)18-27(38)32(25)33)28(39)20-45-31(43)11-10-29(40)36-19-22(16-30(41)42)21-6-4-3-5-7-21/h3-7,17,22,25-27,32,38,44H,8-16,18-20H2,1-2H3,(H,36,40)(H,41,42). The summed E-state index contributed by atoms with van der Waals surface area (Å²) in [6.45, 7) is 3.50. The Bertz CT molecular complexity index is 1370. The fourth-order valence-corrected chi connectivity index (χ4v) is 9.27. The number of nitrogens with one attached hydrogen (secondary N) is 1. The Labute approximate surface area is 263 Å². The van der Waals surface area contributed by atoms with E-state index < -0.39 is 53.3 Å². The van der Waals surface area contributed by atoms with E-state index in [0.29, 0.717) is 19.3 Å². The average Bonchev–Trinajstić information content (AvgIpc) is 3.27. The van der Waals surface area contributed by atoms with Gasteiger partial charge in [0.15, 0.2) is 12.4 Å². The van der Waals surface area contributed by atoms with Crippen molar-refractivity contribution in [2.24, 2.45) is 28.6 Å². The normalized spacial score (nSPS) is 34.4. The molecule has 0 saturated heterocycles. The molecule has 10 heteroatoms.